The van der Waals surface area contributed by atoms with Crippen LogP contribution in [0.5, 0.6) is 0 Å². The number of rotatable bonds is 4. The Bertz CT molecular complexity index is 4460. The van der Waals surface area contributed by atoms with Gasteiger partial charge in [0, 0.05) is 60.5 Å². The molecule has 15 rings (SSSR count). The van der Waals surface area contributed by atoms with Gasteiger partial charge in [0.05, 0.1) is 0 Å². The molecule has 0 bridgehead atoms. The predicted molar refractivity (Wildman–Crippen MR) is 297 cm³/mol. The summed E-state index contributed by atoms with van der Waals surface area (Å²) in [6.45, 7) is 0. The Labute approximate surface area is 397 Å². The van der Waals surface area contributed by atoms with Gasteiger partial charge in [-0.05, 0) is 142 Å². The molecule has 0 radical (unpaired) electrons. The highest BCUT2D eigenvalue weighted by molar-refractivity contribution is 7.26. The summed E-state index contributed by atoms with van der Waals surface area (Å²) in [5.74, 6) is 0. The standard InChI is InChI=1S/C64H36S3/c1-3-17-46-44(15-1)61(37-26-30-57-52(33-37)41-13-9-11-23-55(41)65-57)45-16-2-4-18-47(45)63(46)39-28-32-59-54(35-39)43-29-25-40(36-60(43)67-59)64-50-21-7-5-19-48(50)62(49-20-6-8-22-51(49)64)38-27-31-58-53(34-38)42-14-10-12-24-56(42)66-58/h1-36H. The maximum atomic E-state index is 2.46. The largest absolute Gasteiger partial charge is 0.135 e. The highest BCUT2D eigenvalue weighted by Crippen LogP contribution is 2.49. The molecule has 0 atom stereocenters. The van der Waals surface area contributed by atoms with Crippen LogP contribution in [-0.2, 0) is 0 Å². The molecule has 67 heavy (non-hydrogen) atoms. The second kappa shape index (κ2) is 14.4. The highest BCUT2D eigenvalue weighted by Gasteiger charge is 2.21. The molecule has 0 saturated heterocycles. The molecule has 0 fully saturated rings. The fraction of sp³-hybridized carbons (Fsp3) is 0. The first-order valence-electron chi connectivity index (χ1n) is 22.9. The van der Waals surface area contributed by atoms with E-state index in [2.05, 4.69) is 218 Å². The molecule has 3 aromatic heterocycles. The van der Waals surface area contributed by atoms with Crippen molar-refractivity contribution in [1.29, 1.82) is 0 Å². The quantitative estimate of drug-likeness (QED) is 0.154. The number of fused-ring (bicyclic) bond motifs is 13. The molecule has 0 amide bonds. The number of hydrogen-bond donors (Lipinski definition) is 0. The van der Waals surface area contributed by atoms with E-state index in [1.54, 1.807) is 0 Å². The van der Waals surface area contributed by atoms with Gasteiger partial charge in [-0.1, -0.05) is 164 Å². The molecule has 0 unspecified atom stereocenters. The SMILES string of the molecule is c1ccc2c(c1)sc1ccc(-c3c4ccccc4c(-c4ccc5c(c4)sc4ccc(-c6c7ccccc7c(-c7ccc8sc9ccccc9c8c7)c7ccccc67)cc45)c4ccccc34)cc12. The number of benzene rings is 12. The summed E-state index contributed by atoms with van der Waals surface area (Å²) in [6.07, 6.45) is 0. The summed E-state index contributed by atoms with van der Waals surface area (Å²) in [4.78, 5) is 0. The molecular weight excluding hydrogens is 865 g/mol. The second-order valence-corrected chi connectivity index (χ2v) is 21.1. The Balaban J connectivity index is 0.898. The van der Waals surface area contributed by atoms with E-state index in [-0.39, 0.29) is 0 Å². The lowest BCUT2D eigenvalue weighted by Gasteiger charge is -2.18. The Morgan fingerprint density at radius 1 is 0.164 bits per heavy atom. The van der Waals surface area contributed by atoms with Crippen LogP contribution in [0.2, 0.25) is 0 Å². The van der Waals surface area contributed by atoms with Gasteiger partial charge >= 0.3 is 0 Å². The molecular formula is C64H36S3. The van der Waals surface area contributed by atoms with E-state index in [1.807, 2.05) is 34.0 Å². The van der Waals surface area contributed by atoms with E-state index in [0.29, 0.717) is 0 Å². The van der Waals surface area contributed by atoms with Gasteiger partial charge in [0.1, 0.15) is 0 Å². The van der Waals surface area contributed by atoms with Crippen LogP contribution >= 0.6 is 34.0 Å². The summed E-state index contributed by atoms with van der Waals surface area (Å²) in [7, 11) is 0. The van der Waals surface area contributed by atoms with E-state index in [0.717, 1.165) is 0 Å². The van der Waals surface area contributed by atoms with Crippen molar-refractivity contribution in [3.63, 3.8) is 0 Å². The fourth-order valence-electron chi connectivity index (χ4n) is 11.4. The van der Waals surface area contributed by atoms with Gasteiger partial charge in [0.15, 0.2) is 0 Å². The highest BCUT2D eigenvalue weighted by atomic mass is 32.1. The minimum atomic E-state index is 1.25. The summed E-state index contributed by atoms with van der Waals surface area (Å²) >= 11 is 5.65. The van der Waals surface area contributed by atoms with Gasteiger partial charge in [0.2, 0.25) is 0 Å². The summed E-state index contributed by atoms with van der Waals surface area (Å²) in [5.41, 5.74) is 10.2. The monoisotopic (exact) mass is 900 g/mol. The smallest absolute Gasteiger partial charge is 0.0361 e. The summed E-state index contributed by atoms with van der Waals surface area (Å²) < 4.78 is 7.93. The molecule has 0 aliphatic carbocycles. The molecule has 0 spiro atoms. The van der Waals surface area contributed by atoms with Gasteiger partial charge in [-0.15, -0.1) is 34.0 Å². The molecule has 15 aromatic rings. The fourth-order valence-corrected chi connectivity index (χ4v) is 14.7. The maximum absolute atomic E-state index is 2.46. The average Bonchev–Trinajstić information content (AvgIpc) is 4.07. The third-order valence-corrected chi connectivity index (χ3v) is 17.7. The van der Waals surface area contributed by atoms with E-state index in [9.17, 15) is 0 Å². The van der Waals surface area contributed by atoms with Gasteiger partial charge in [-0.25, -0.2) is 0 Å². The lowest BCUT2D eigenvalue weighted by Crippen LogP contribution is -1.91. The van der Waals surface area contributed by atoms with Crippen molar-refractivity contribution >= 4 is 138 Å². The maximum Gasteiger partial charge on any atom is 0.0361 e. The van der Waals surface area contributed by atoms with Crippen molar-refractivity contribution in [2.45, 2.75) is 0 Å². The third kappa shape index (κ3) is 5.57. The Hall–Kier alpha value is -7.66. The van der Waals surface area contributed by atoms with Gasteiger partial charge in [-0.2, -0.15) is 0 Å². The average molecular weight is 901 g/mol. The number of thiophene rings is 3. The zero-order chi connectivity index (χ0) is 43.7. The van der Waals surface area contributed by atoms with Crippen molar-refractivity contribution in [3.8, 4) is 44.5 Å². The van der Waals surface area contributed by atoms with Crippen molar-refractivity contribution in [1.82, 2.24) is 0 Å². The molecule has 310 valence electrons. The van der Waals surface area contributed by atoms with Crippen LogP contribution < -0.4 is 0 Å². The first-order valence-corrected chi connectivity index (χ1v) is 25.3. The zero-order valence-electron chi connectivity index (χ0n) is 36.0. The Morgan fingerprint density at radius 3 is 0.746 bits per heavy atom. The van der Waals surface area contributed by atoms with Crippen LogP contribution in [-0.4, -0.2) is 0 Å². The summed E-state index contributed by atoms with van der Waals surface area (Å²) in [5, 5.41) is 18.1. The number of hydrogen-bond acceptors (Lipinski definition) is 3. The predicted octanol–water partition coefficient (Wildman–Crippen LogP) is 20.1. The summed E-state index contributed by atoms with van der Waals surface area (Å²) in [6, 6.07) is 82.3. The van der Waals surface area contributed by atoms with Gasteiger partial charge in [0.25, 0.3) is 0 Å². The van der Waals surface area contributed by atoms with Crippen LogP contribution in [0.15, 0.2) is 218 Å². The van der Waals surface area contributed by atoms with Crippen molar-refractivity contribution in [2.24, 2.45) is 0 Å². The molecule has 3 heteroatoms. The van der Waals surface area contributed by atoms with Crippen LogP contribution in [0, 0.1) is 0 Å². The zero-order valence-corrected chi connectivity index (χ0v) is 38.5. The van der Waals surface area contributed by atoms with Crippen LogP contribution in [0.3, 0.4) is 0 Å². The van der Waals surface area contributed by atoms with Gasteiger partial charge < -0.3 is 0 Å². The normalized spacial score (nSPS) is 12.2. The molecule has 0 aliphatic heterocycles. The van der Waals surface area contributed by atoms with Crippen LogP contribution in [0.1, 0.15) is 0 Å². The molecule has 0 nitrogen and oxygen atoms in total. The lowest BCUT2D eigenvalue weighted by molar-refractivity contribution is 1.70. The van der Waals surface area contributed by atoms with Gasteiger partial charge in [-0.3, -0.25) is 0 Å². The van der Waals surface area contributed by atoms with E-state index >= 15 is 0 Å². The minimum absolute atomic E-state index is 1.25. The van der Waals surface area contributed by atoms with Crippen LogP contribution in [0.25, 0.3) is 148 Å². The van der Waals surface area contributed by atoms with E-state index in [4.69, 9.17) is 0 Å². The first-order chi connectivity index (χ1) is 33.2. The van der Waals surface area contributed by atoms with Crippen molar-refractivity contribution < 1.29 is 0 Å². The van der Waals surface area contributed by atoms with Crippen molar-refractivity contribution in [3.05, 3.63) is 218 Å². The molecule has 0 N–H and O–H groups in total. The second-order valence-electron chi connectivity index (χ2n) is 17.8. The van der Waals surface area contributed by atoms with E-state index < -0.39 is 0 Å². The molecule has 0 aliphatic rings. The molecule has 12 aromatic carbocycles. The Morgan fingerprint density at radius 2 is 0.403 bits per heavy atom. The Kier molecular flexibility index (Phi) is 8.08. The third-order valence-electron chi connectivity index (χ3n) is 14.2. The van der Waals surface area contributed by atoms with Crippen LogP contribution in [0.4, 0.5) is 0 Å². The van der Waals surface area contributed by atoms with E-state index in [1.165, 1.54) is 148 Å². The van der Waals surface area contributed by atoms with Crippen molar-refractivity contribution in [2.75, 3.05) is 0 Å². The molecule has 3 heterocycles. The molecule has 0 saturated carbocycles. The first kappa shape index (κ1) is 37.5. The topological polar surface area (TPSA) is 0 Å². The minimum Gasteiger partial charge on any atom is -0.135 e. The lowest BCUT2D eigenvalue weighted by atomic mass is 9.85.